The van der Waals surface area contributed by atoms with Gasteiger partial charge in [-0.05, 0) is 25.2 Å². The van der Waals surface area contributed by atoms with E-state index in [1.54, 1.807) is 0 Å². The molecule has 1 saturated carbocycles. The van der Waals surface area contributed by atoms with Gasteiger partial charge in [0, 0.05) is 6.42 Å². The van der Waals surface area contributed by atoms with Crippen LogP contribution in [0.3, 0.4) is 0 Å². The van der Waals surface area contributed by atoms with Crippen molar-refractivity contribution < 1.29 is 0 Å². The van der Waals surface area contributed by atoms with Gasteiger partial charge >= 0.3 is 0 Å². The highest BCUT2D eigenvalue weighted by Gasteiger charge is 2.54. The van der Waals surface area contributed by atoms with Crippen LogP contribution in [0.15, 0.2) is 4.99 Å². The zero-order chi connectivity index (χ0) is 7.35. The molecule has 2 aliphatic rings. The zero-order valence-electron chi connectivity index (χ0n) is 6.59. The number of aliphatic imine (C=N–C) groups is 1. The van der Waals surface area contributed by atoms with Crippen molar-refractivity contribution in [2.24, 2.45) is 22.6 Å². The molecule has 0 bridgehead atoms. The van der Waals surface area contributed by atoms with Crippen LogP contribution >= 0.6 is 0 Å². The fourth-order valence-electron chi connectivity index (χ4n) is 2.17. The van der Waals surface area contributed by atoms with E-state index >= 15 is 0 Å². The SMILES string of the molecule is C[C@H]1CC(N)=N[C@]2(C)C[C@H]12. The van der Waals surface area contributed by atoms with E-state index in [1.165, 1.54) is 6.42 Å². The lowest BCUT2D eigenvalue weighted by Crippen LogP contribution is -2.26. The van der Waals surface area contributed by atoms with Gasteiger partial charge in [0.05, 0.1) is 11.4 Å². The van der Waals surface area contributed by atoms with Gasteiger partial charge in [-0.3, -0.25) is 4.99 Å². The first-order valence-electron chi connectivity index (χ1n) is 3.96. The molecule has 0 aromatic heterocycles. The summed E-state index contributed by atoms with van der Waals surface area (Å²) in [5.41, 5.74) is 5.93. The Hall–Kier alpha value is -0.530. The third-order valence-electron chi connectivity index (χ3n) is 2.89. The molecule has 2 nitrogen and oxygen atoms in total. The van der Waals surface area contributed by atoms with Crippen molar-refractivity contribution in [3.8, 4) is 0 Å². The molecule has 2 rings (SSSR count). The number of rotatable bonds is 0. The average molecular weight is 138 g/mol. The van der Waals surface area contributed by atoms with E-state index in [9.17, 15) is 0 Å². The summed E-state index contributed by atoms with van der Waals surface area (Å²) < 4.78 is 0. The maximum atomic E-state index is 5.68. The summed E-state index contributed by atoms with van der Waals surface area (Å²) in [6, 6.07) is 0. The molecule has 0 aromatic carbocycles. The predicted molar refractivity (Wildman–Crippen MR) is 41.9 cm³/mol. The van der Waals surface area contributed by atoms with Gasteiger partial charge in [-0.1, -0.05) is 6.92 Å². The van der Waals surface area contributed by atoms with Crippen molar-refractivity contribution in [1.29, 1.82) is 0 Å². The minimum atomic E-state index is 0.252. The maximum Gasteiger partial charge on any atom is 0.0946 e. The zero-order valence-corrected chi connectivity index (χ0v) is 6.59. The fourth-order valence-corrected chi connectivity index (χ4v) is 2.17. The Kier molecular flexibility index (Phi) is 0.960. The molecular weight excluding hydrogens is 124 g/mol. The van der Waals surface area contributed by atoms with Crippen molar-refractivity contribution in [2.45, 2.75) is 32.2 Å². The molecule has 2 heteroatoms. The number of hydrogen-bond acceptors (Lipinski definition) is 2. The lowest BCUT2D eigenvalue weighted by atomic mass is 9.96. The van der Waals surface area contributed by atoms with Crippen molar-refractivity contribution in [3.63, 3.8) is 0 Å². The molecule has 1 heterocycles. The average Bonchev–Trinajstić information content (AvgIpc) is 2.39. The largest absolute Gasteiger partial charge is 0.387 e. The minimum absolute atomic E-state index is 0.252. The Morgan fingerprint density at radius 2 is 2.40 bits per heavy atom. The number of nitrogens with zero attached hydrogens (tertiary/aromatic N) is 1. The molecule has 2 N–H and O–H groups in total. The first-order chi connectivity index (χ1) is 4.62. The Morgan fingerprint density at radius 1 is 1.70 bits per heavy atom. The van der Waals surface area contributed by atoms with Crippen LogP contribution in [-0.4, -0.2) is 11.4 Å². The van der Waals surface area contributed by atoms with Gasteiger partial charge in [0.1, 0.15) is 0 Å². The van der Waals surface area contributed by atoms with E-state index in [-0.39, 0.29) is 5.54 Å². The third-order valence-corrected chi connectivity index (χ3v) is 2.89. The van der Waals surface area contributed by atoms with E-state index < -0.39 is 0 Å². The molecular formula is C8H14N2. The van der Waals surface area contributed by atoms with Crippen molar-refractivity contribution in [1.82, 2.24) is 0 Å². The van der Waals surface area contributed by atoms with Crippen molar-refractivity contribution in [3.05, 3.63) is 0 Å². The molecule has 0 saturated heterocycles. The van der Waals surface area contributed by atoms with Crippen LogP contribution in [-0.2, 0) is 0 Å². The monoisotopic (exact) mass is 138 g/mol. The van der Waals surface area contributed by atoms with Gasteiger partial charge in [0.25, 0.3) is 0 Å². The van der Waals surface area contributed by atoms with Crippen LogP contribution < -0.4 is 5.73 Å². The molecule has 10 heavy (non-hydrogen) atoms. The summed E-state index contributed by atoms with van der Waals surface area (Å²) in [7, 11) is 0. The van der Waals surface area contributed by atoms with Crippen LogP contribution in [0.4, 0.5) is 0 Å². The molecule has 3 atom stereocenters. The van der Waals surface area contributed by atoms with E-state index in [2.05, 4.69) is 18.8 Å². The summed E-state index contributed by atoms with van der Waals surface area (Å²) in [5.74, 6) is 2.46. The molecule has 0 radical (unpaired) electrons. The number of amidine groups is 1. The second kappa shape index (κ2) is 1.55. The van der Waals surface area contributed by atoms with Gasteiger partial charge in [-0.15, -0.1) is 0 Å². The summed E-state index contributed by atoms with van der Waals surface area (Å²) in [5, 5.41) is 0. The van der Waals surface area contributed by atoms with E-state index in [0.29, 0.717) is 0 Å². The number of hydrogen-bond donors (Lipinski definition) is 1. The Morgan fingerprint density at radius 3 is 3.00 bits per heavy atom. The van der Waals surface area contributed by atoms with E-state index in [1.807, 2.05) is 0 Å². The predicted octanol–water partition coefficient (Wildman–Crippen LogP) is 1.16. The Labute approximate surface area is 61.5 Å². The lowest BCUT2D eigenvalue weighted by Gasteiger charge is -2.19. The van der Waals surface area contributed by atoms with Crippen LogP contribution in [0.25, 0.3) is 0 Å². The van der Waals surface area contributed by atoms with E-state index in [0.717, 1.165) is 24.1 Å². The van der Waals surface area contributed by atoms with Gasteiger partial charge in [-0.2, -0.15) is 0 Å². The molecule has 0 unspecified atom stereocenters. The first kappa shape index (κ1) is 6.20. The molecule has 0 amide bonds. The number of nitrogens with two attached hydrogens (primary N) is 1. The second-order valence-electron chi connectivity index (χ2n) is 3.95. The molecule has 0 spiro atoms. The van der Waals surface area contributed by atoms with Gasteiger partial charge < -0.3 is 5.73 Å². The summed E-state index contributed by atoms with van der Waals surface area (Å²) in [6.07, 6.45) is 2.27. The van der Waals surface area contributed by atoms with Crippen molar-refractivity contribution in [2.75, 3.05) is 0 Å². The van der Waals surface area contributed by atoms with Gasteiger partial charge in [0.2, 0.25) is 0 Å². The standard InChI is InChI=1S/C8H14N2/c1-5-3-7(9)10-8(2)4-6(5)8/h5-6H,3-4H2,1-2H3,(H2,9,10)/t5-,6+,8+/m0/s1. The molecule has 1 aliphatic carbocycles. The molecule has 1 aliphatic heterocycles. The smallest absolute Gasteiger partial charge is 0.0946 e. The summed E-state index contributed by atoms with van der Waals surface area (Å²) in [6.45, 7) is 4.48. The highest BCUT2D eigenvalue weighted by atomic mass is 15.0. The quantitative estimate of drug-likeness (QED) is 0.536. The highest BCUT2D eigenvalue weighted by molar-refractivity contribution is 5.82. The summed E-state index contributed by atoms with van der Waals surface area (Å²) >= 11 is 0. The third kappa shape index (κ3) is 0.678. The minimum Gasteiger partial charge on any atom is -0.387 e. The van der Waals surface area contributed by atoms with Crippen LogP contribution in [0, 0.1) is 11.8 Å². The molecule has 0 aromatic rings. The van der Waals surface area contributed by atoms with Crippen LogP contribution in [0.5, 0.6) is 0 Å². The number of fused-ring (bicyclic) bond motifs is 1. The maximum absolute atomic E-state index is 5.68. The normalized spacial score (nSPS) is 51.6. The molecule has 56 valence electrons. The van der Waals surface area contributed by atoms with Crippen molar-refractivity contribution >= 4 is 5.84 Å². The van der Waals surface area contributed by atoms with E-state index in [4.69, 9.17) is 5.73 Å². The van der Waals surface area contributed by atoms with Gasteiger partial charge in [0.15, 0.2) is 0 Å². The topological polar surface area (TPSA) is 38.4 Å². The Balaban J connectivity index is 2.26. The highest BCUT2D eigenvalue weighted by Crippen LogP contribution is 2.54. The summed E-state index contributed by atoms with van der Waals surface area (Å²) in [4.78, 5) is 4.43. The first-order valence-corrected chi connectivity index (χ1v) is 3.96. The Bertz CT molecular complexity index is 197. The fraction of sp³-hybridized carbons (Fsp3) is 0.875. The van der Waals surface area contributed by atoms with Crippen LogP contribution in [0.2, 0.25) is 0 Å². The lowest BCUT2D eigenvalue weighted by molar-refractivity contribution is 0.451. The second-order valence-corrected chi connectivity index (χ2v) is 3.95. The van der Waals surface area contributed by atoms with Crippen LogP contribution in [0.1, 0.15) is 26.7 Å². The van der Waals surface area contributed by atoms with Gasteiger partial charge in [-0.25, -0.2) is 0 Å². The molecule has 1 fully saturated rings.